The number of carbonyl (C=O) groups is 2. The molecular formula is C36H46FIN2O4Si. The van der Waals surface area contributed by atoms with Gasteiger partial charge in [-0.15, -0.1) is 0 Å². The molecule has 3 aliphatic rings. The minimum Gasteiger partial charge on any atom is -0.394 e. The number of halogens is 2. The second-order valence-electron chi connectivity index (χ2n) is 13.8. The molecule has 1 spiro atoms. The van der Waals surface area contributed by atoms with Gasteiger partial charge in [0.1, 0.15) is 0 Å². The number of benzene rings is 2. The van der Waals surface area contributed by atoms with E-state index in [0.29, 0.717) is 19.5 Å². The van der Waals surface area contributed by atoms with Crippen LogP contribution in [-0.4, -0.2) is 55.5 Å². The molecule has 0 saturated carbocycles. The number of fused-ring (bicyclic) bond motifs is 3. The maximum atomic E-state index is 16.3. The summed E-state index contributed by atoms with van der Waals surface area (Å²) in [5, 5.41) is 10.2. The van der Waals surface area contributed by atoms with Crippen LogP contribution in [0.25, 0.3) is 0 Å². The second-order valence-corrected chi connectivity index (χ2v) is 18.8. The van der Waals surface area contributed by atoms with E-state index in [9.17, 15) is 14.7 Å². The summed E-state index contributed by atoms with van der Waals surface area (Å²) >= 11 is 2.25. The number of hydrogen-bond acceptors (Lipinski definition) is 4. The summed E-state index contributed by atoms with van der Waals surface area (Å²) in [7, 11) is -3.43. The van der Waals surface area contributed by atoms with E-state index in [1.165, 1.54) is 11.1 Å². The van der Waals surface area contributed by atoms with Crippen LogP contribution in [0.1, 0.15) is 63.6 Å². The van der Waals surface area contributed by atoms with E-state index in [2.05, 4.69) is 55.5 Å². The van der Waals surface area contributed by atoms with E-state index in [0.717, 1.165) is 38.8 Å². The third-order valence-electron chi connectivity index (χ3n) is 9.90. The third-order valence-corrected chi connectivity index (χ3v) is 13.0. The lowest BCUT2D eigenvalue weighted by Gasteiger charge is -2.37. The van der Waals surface area contributed by atoms with Gasteiger partial charge in [0, 0.05) is 33.7 Å². The molecule has 0 bridgehead atoms. The molecule has 45 heavy (non-hydrogen) atoms. The standard InChI is InChI=1S/C36H46FIN2O4Si/c1-23(2)10-9-11-24(3)16-17-39-31-15-14-28(38)19-30(31)36(35(39)43)25(4)34(45(5,6)37)32(44-36)20-33(42)40-21-27-13-8-7-12-26(27)18-29(40)22-41/h7-8,10,12-16,19,25,29,32,34,41H,9,11,17-18,20-22H2,1-6H3/b24-16+/t25-,29+,32+,34-,36+/m1/s1. The molecule has 1 N–H and O–H groups in total. The van der Waals surface area contributed by atoms with Crippen molar-refractivity contribution >= 4 is 48.5 Å². The summed E-state index contributed by atoms with van der Waals surface area (Å²) in [6.07, 6.45) is 5.95. The molecule has 1 saturated heterocycles. The highest BCUT2D eigenvalue weighted by Crippen LogP contribution is 2.60. The number of aliphatic hydroxyl groups is 1. The number of allylic oxidation sites excluding steroid dienone is 3. The van der Waals surface area contributed by atoms with Crippen molar-refractivity contribution in [2.75, 3.05) is 18.1 Å². The van der Waals surface area contributed by atoms with Crippen LogP contribution in [0, 0.1) is 9.49 Å². The molecule has 2 aromatic carbocycles. The lowest BCUT2D eigenvalue weighted by Crippen LogP contribution is -2.48. The fourth-order valence-corrected chi connectivity index (χ4v) is 10.7. The number of amides is 2. The first-order valence-electron chi connectivity index (χ1n) is 16.0. The molecule has 0 aromatic heterocycles. The highest BCUT2D eigenvalue weighted by Gasteiger charge is 2.67. The Morgan fingerprint density at radius 3 is 2.53 bits per heavy atom. The summed E-state index contributed by atoms with van der Waals surface area (Å²) in [6.45, 7) is 12.2. The quantitative estimate of drug-likeness (QED) is 0.126. The number of nitrogens with zero attached hydrogens (tertiary/aromatic N) is 2. The average Bonchev–Trinajstić information content (AvgIpc) is 3.40. The van der Waals surface area contributed by atoms with Crippen LogP contribution in [0.4, 0.5) is 9.80 Å². The molecule has 242 valence electrons. The predicted molar refractivity (Wildman–Crippen MR) is 188 cm³/mol. The van der Waals surface area contributed by atoms with E-state index < -0.39 is 31.6 Å². The smallest absolute Gasteiger partial charge is 0.264 e. The zero-order valence-electron chi connectivity index (χ0n) is 27.3. The van der Waals surface area contributed by atoms with Gasteiger partial charge in [-0.3, -0.25) is 9.59 Å². The second kappa shape index (κ2) is 13.4. The van der Waals surface area contributed by atoms with Gasteiger partial charge in [0.15, 0.2) is 5.60 Å². The number of anilines is 1. The van der Waals surface area contributed by atoms with Crippen LogP contribution < -0.4 is 4.90 Å². The summed E-state index contributed by atoms with van der Waals surface area (Å²) in [6, 6.07) is 13.6. The van der Waals surface area contributed by atoms with Gasteiger partial charge in [0.25, 0.3) is 5.91 Å². The molecule has 3 heterocycles. The summed E-state index contributed by atoms with van der Waals surface area (Å²) in [5.41, 5.74) is 4.30. The molecule has 5 atom stereocenters. The molecule has 0 unspecified atom stereocenters. The molecule has 0 radical (unpaired) electrons. The fraction of sp³-hybridized carbons (Fsp3) is 0.500. The Morgan fingerprint density at radius 2 is 1.87 bits per heavy atom. The van der Waals surface area contributed by atoms with E-state index in [1.807, 2.05) is 49.4 Å². The molecule has 2 aromatic rings. The molecule has 1 fully saturated rings. The van der Waals surface area contributed by atoms with Gasteiger partial charge < -0.3 is 23.8 Å². The molecule has 6 nitrogen and oxygen atoms in total. The van der Waals surface area contributed by atoms with Crippen molar-refractivity contribution in [3.05, 3.63) is 86.0 Å². The van der Waals surface area contributed by atoms with Crippen molar-refractivity contribution in [3.8, 4) is 0 Å². The lowest BCUT2D eigenvalue weighted by atomic mass is 9.82. The Bertz CT molecular complexity index is 1520. The van der Waals surface area contributed by atoms with Crippen LogP contribution in [0.3, 0.4) is 0 Å². The van der Waals surface area contributed by atoms with Gasteiger partial charge in [-0.25, -0.2) is 0 Å². The minimum atomic E-state index is -3.43. The molecule has 2 amide bonds. The molecular weight excluding hydrogens is 698 g/mol. The fourth-order valence-electron chi connectivity index (χ4n) is 7.67. The Hall–Kier alpha value is -2.34. The van der Waals surface area contributed by atoms with Gasteiger partial charge in [0.05, 0.1) is 30.9 Å². The van der Waals surface area contributed by atoms with Crippen molar-refractivity contribution in [1.29, 1.82) is 0 Å². The van der Waals surface area contributed by atoms with E-state index in [4.69, 9.17) is 4.74 Å². The van der Waals surface area contributed by atoms with E-state index >= 15 is 4.11 Å². The first-order chi connectivity index (χ1) is 21.3. The third kappa shape index (κ3) is 6.60. The number of aliphatic hydroxyl groups excluding tert-OH is 1. The minimum absolute atomic E-state index is 0.0360. The van der Waals surface area contributed by atoms with Crippen molar-refractivity contribution in [2.24, 2.45) is 5.92 Å². The monoisotopic (exact) mass is 744 g/mol. The predicted octanol–water partition coefficient (Wildman–Crippen LogP) is 7.44. The van der Waals surface area contributed by atoms with Gasteiger partial charge >= 0.3 is 0 Å². The SMILES string of the molecule is CC(C)=CCC/C(C)=C/CN1C(=O)[C@@]2(O[C@@H](CC(=O)N3Cc4ccccc4C[C@H]3CO)[C@H]([Si](C)(C)F)[C@H]2C)c2cc(I)ccc21. The molecule has 3 aliphatic heterocycles. The molecule has 5 rings (SSSR count). The molecule has 0 aliphatic carbocycles. The summed E-state index contributed by atoms with van der Waals surface area (Å²) < 4.78 is 24.1. The Morgan fingerprint density at radius 1 is 1.16 bits per heavy atom. The maximum Gasteiger partial charge on any atom is 0.264 e. The van der Waals surface area contributed by atoms with Crippen molar-refractivity contribution < 1.29 is 23.5 Å². The topological polar surface area (TPSA) is 70.1 Å². The first-order valence-corrected chi connectivity index (χ1v) is 20.1. The van der Waals surface area contributed by atoms with E-state index in [-0.39, 0.29) is 30.9 Å². The largest absolute Gasteiger partial charge is 0.394 e. The lowest BCUT2D eigenvalue weighted by molar-refractivity contribution is -0.150. The highest BCUT2D eigenvalue weighted by molar-refractivity contribution is 14.1. The Kier molecular flexibility index (Phi) is 10.1. The zero-order chi connectivity index (χ0) is 32.7. The van der Waals surface area contributed by atoms with Crippen molar-refractivity contribution in [3.63, 3.8) is 0 Å². The number of hydrogen-bond donors (Lipinski definition) is 1. The highest BCUT2D eigenvalue weighted by atomic mass is 127. The van der Waals surface area contributed by atoms with Crippen LogP contribution in [0.2, 0.25) is 18.6 Å². The Balaban J connectivity index is 1.46. The van der Waals surface area contributed by atoms with Crippen molar-refractivity contribution in [2.45, 2.75) is 96.3 Å². The van der Waals surface area contributed by atoms with Crippen LogP contribution in [0.15, 0.2) is 65.8 Å². The first kappa shape index (κ1) is 34.0. The van der Waals surface area contributed by atoms with Crippen LogP contribution >= 0.6 is 22.6 Å². The maximum absolute atomic E-state index is 16.3. The number of ether oxygens (including phenoxy) is 1. The number of rotatable bonds is 9. The average molecular weight is 745 g/mol. The van der Waals surface area contributed by atoms with Crippen LogP contribution in [-0.2, 0) is 32.9 Å². The van der Waals surface area contributed by atoms with E-state index in [1.54, 1.807) is 22.9 Å². The zero-order valence-corrected chi connectivity index (χ0v) is 30.4. The summed E-state index contributed by atoms with van der Waals surface area (Å²) in [4.78, 5) is 32.1. The Labute approximate surface area is 282 Å². The van der Waals surface area contributed by atoms with Gasteiger partial charge in [-0.2, -0.15) is 0 Å². The van der Waals surface area contributed by atoms with Crippen molar-refractivity contribution in [1.82, 2.24) is 4.90 Å². The van der Waals surface area contributed by atoms with Gasteiger partial charge in [0.2, 0.25) is 14.3 Å². The van der Waals surface area contributed by atoms with Gasteiger partial charge in [-0.1, -0.05) is 54.5 Å². The van der Waals surface area contributed by atoms with Gasteiger partial charge in [-0.05, 0) is 105 Å². The molecule has 9 heteroatoms. The normalized spacial score (nSPS) is 26.3. The summed E-state index contributed by atoms with van der Waals surface area (Å²) in [5.74, 6) is -0.824. The number of carbonyl (C=O) groups excluding carboxylic acids is 2. The van der Waals surface area contributed by atoms with Crippen LogP contribution in [0.5, 0.6) is 0 Å².